The fraction of sp³-hybridized carbons (Fsp3) is 0.214. The van der Waals surface area contributed by atoms with Gasteiger partial charge in [0.1, 0.15) is 11.4 Å². The van der Waals surface area contributed by atoms with Crippen LogP contribution in [-0.4, -0.2) is 16.5 Å². The number of fused-ring (bicyclic) bond motifs is 1. The fourth-order valence-electron chi connectivity index (χ4n) is 2.03. The van der Waals surface area contributed by atoms with Crippen molar-refractivity contribution < 1.29 is 4.42 Å². The van der Waals surface area contributed by atoms with Crippen LogP contribution < -0.4 is 5.32 Å². The summed E-state index contributed by atoms with van der Waals surface area (Å²) in [6.45, 7) is 1.71. The summed E-state index contributed by atoms with van der Waals surface area (Å²) in [7, 11) is 0. The third kappa shape index (κ3) is 2.28. The minimum atomic E-state index is 0.817. The van der Waals surface area contributed by atoms with E-state index in [4.69, 9.17) is 4.42 Å². The molecule has 4 heteroatoms. The van der Waals surface area contributed by atoms with Crippen LogP contribution in [-0.2, 0) is 13.0 Å². The Kier molecular flexibility index (Phi) is 3.10. The lowest BCUT2D eigenvalue weighted by Crippen LogP contribution is -2.16. The van der Waals surface area contributed by atoms with E-state index in [1.807, 2.05) is 30.7 Å². The standard InChI is InChI=1S/C14H15N3O/c1-2-4-13-12(3-1)11(10-18-13)9-15-6-5-14-16-7-8-17-14/h1-4,7-8,10,15H,5-6,9H2,(H,16,17). The maximum atomic E-state index is 5.49. The van der Waals surface area contributed by atoms with E-state index in [9.17, 15) is 0 Å². The first-order valence-electron chi connectivity index (χ1n) is 6.07. The van der Waals surface area contributed by atoms with Crippen LogP contribution in [0.15, 0.2) is 47.3 Å². The van der Waals surface area contributed by atoms with Crippen LogP contribution in [0.1, 0.15) is 11.4 Å². The summed E-state index contributed by atoms with van der Waals surface area (Å²) < 4.78 is 5.49. The van der Waals surface area contributed by atoms with E-state index in [2.05, 4.69) is 21.4 Å². The first-order chi connectivity index (χ1) is 8.93. The molecule has 2 aromatic heterocycles. The van der Waals surface area contributed by atoms with Crippen LogP contribution in [0.25, 0.3) is 11.0 Å². The van der Waals surface area contributed by atoms with E-state index in [-0.39, 0.29) is 0 Å². The fourth-order valence-corrected chi connectivity index (χ4v) is 2.03. The molecule has 0 saturated heterocycles. The Hall–Kier alpha value is -2.07. The van der Waals surface area contributed by atoms with Crippen LogP contribution in [0.2, 0.25) is 0 Å². The Bertz CT molecular complexity index is 613. The minimum Gasteiger partial charge on any atom is -0.464 e. The molecule has 0 fully saturated rings. The zero-order valence-electron chi connectivity index (χ0n) is 10.0. The highest BCUT2D eigenvalue weighted by Gasteiger charge is 2.04. The van der Waals surface area contributed by atoms with Gasteiger partial charge in [-0.05, 0) is 6.07 Å². The van der Waals surface area contributed by atoms with Gasteiger partial charge in [0.2, 0.25) is 0 Å². The highest BCUT2D eigenvalue weighted by molar-refractivity contribution is 5.80. The maximum absolute atomic E-state index is 5.49. The highest BCUT2D eigenvalue weighted by Crippen LogP contribution is 2.20. The number of nitrogens with one attached hydrogen (secondary N) is 2. The smallest absolute Gasteiger partial charge is 0.134 e. The van der Waals surface area contributed by atoms with Gasteiger partial charge >= 0.3 is 0 Å². The summed E-state index contributed by atoms with van der Waals surface area (Å²) in [4.78, 5) is 7.28. The molecular formula is C14H15N3O. The van der Waals surface area contributed by atoms with Crippen molar-refractivity contribution in [2.45, 2.75) is 13.0 Å². The molecule has 3 rings (SSSR count). The molecule has 0 saturated carbocycles. The van der Waals surface area contributed by atoms with Gasteiger partial charge in [-0.15, -0.1) is 0 Å². The number of hydrogen-bond donors (Lipinski definition) is 2. The zero-order chi connectivity index (χ0) is 12.2. The molecule has 2 N–H and O–H groups in total. The van der Waals surface area contributed by atoms with E-state index in [0.717, 1.165) is 30.9 Å². The molecule has 0 aliphatic rings. The molecule has 92 valence electrons. The van der Waals surface area contributed by atoms with Gasteiger partial charge in [0, 0.05) is 42.9 Å². The number of rotatable bonds is 5. The molecule has 0 bridgehead atoms. The van der Waals surface area contributed by atoms with Crippen molar-refractivity contribution in [3.63, 3.8) is 0 Å². The van der Waals surface area contributed by atoms with Crippen molar-refractivity contribution >= 4 is 11.0 Å². The molecule has 4 nitrogen and oxygen atoms in total. The van der Waals surface area contributed by atoms with Gasteiger partial charge < -0.3 is 14.7 Å². The van der Waals surface area contributed by atoms with Crippen molar-refractivity contribution in [1.82, 2.24) is 15.3 Å². The van der Waals surface area contributed by atoms with E-state index < -0.39 is 0 Å². The molecule has 0 amide bonds. The molecule has 0 atom stereocenters. The highest BCUT2D eigenvalue weighted by atomic mass is 16.3. The quantitative estimate of drug-likeness (QED) is 0.675. The van der Waals surface area contributed by atoms with Gasteiger partial charge in [-0.3, -0.25) is 0 Å². The number of aromatic amines is 1. The number of H-pyrrole nitrogens is 1. The first-order valence-corrected chi connectivity index (χ1v) is 6.07. The van der Waals surface area contributed by atoms with E-state index in [1.165, 1.54) is 10.9 Å². The number of furan rings is 1. The number of aromatic nitrogens is 2. The van der Waals surface area contributed by atoms with Crippen LogP contribution in [0.3, 0.4) is 0 Å². The Balaban J connectivity index is 1.57. The summed E-state index contributed by atoms with van der Waals surface area (Å²) in [5, 5.41) is 4.58. The number of benzene rings is 1. The summed E-state index contributed by atoms with van der Waals surface area (Å²) in [6, 6.07) is 8.09. The van der Waals surface area contributed by atoms with Gasteiger partial charge in [0.25, 0.3) is 0 Å². The summed E-state index contributed by atoms with van der Waals surface area (Å²) >= 11 is 0. The second-order valence-corrected chi connectivity index (χ2v) is 4.22. The average Bonchev–Trinajstić information content (AvgIpc) is 3.04. The molecule has 1 aromatic carbocycles. The van der Waals surface area contributed by atoms with Crippen molar-refractivity contribution in [3.05, 3.63) is 54.3 Å². The summed E-state index contributed by atoms with van der Waals surface area (Å²) in [6.07, 6.45) is 6.35. The SMILES string of the molecule is c1ccc2c(CNCCc3ncc[nH]3)coc2c1. The molecule has 0 spiro atoms. The maximum Gasteiger partial charge on any atom is 0.134 e. The number of para-hydroxylation sites is 1. The minimum absolute atomic E-state index is 0.817. The van der Waals surface area contributed by atoms with Crippen molar-refractivity contribution in [3.8, 4) is 0 Å². The molecule has 2 heterocycles. The van der Waals surface area contributed by atoms with Crippen LogP contribution in [0.5, 0.6) is 0 Å². The average molecular weight is 241 g/mol. The predicted octanol–water partition coefficient (Wildman–Crippen LogP) is 2.49. The Labute approximate surface area is 105 Å². The molecular weight excluding hydrogens is 226 g/mol. The van der Waals surface area contributed by atoms with Crippen molar-refractivity contribution in [2.24, 2.45) is 0 Å². The second kappa shape index (κ2) is 5.06. The summed E-state index contributed by atoms with van der Waals surface area (Å²) in [5.41, 5.74) is 2.14. The van der Waals surface area contributed by atoms with Gasteiger partial charge in [-0.1, -0.05) is 18.2 Å². The molecule has 18 heavy (non-hydrogen) atoms. The van der Waals surface area contributed by atoms with Crippen molar-refractivity contribution in [1.29, 1.82) is 0 Å². The lowest BCUT2D eigenvalue weighted by molar-refractivity contribution is 0.601. The number of imidazole rings is 1. The molecule has 0 aliphatic heterocycles. The van der Waals surface area contributed by atoms with Gasteiger partial charge in [0.05, 0.1) is 6.26 Å². The van der Waals surface area contributed by atoms with Crippen LogP contribution in [0.4, 0.5) is 0 Å². The monoisotopic (exact) mass is 241 g/mol. The predicted molar refractivity (Wildman–Crippen MR) is 70.2 cm³/mol. The van der Waals surface area contributed by atoms with Gasteiger partial charge in [0.15, 0.2) is 0 Å². The number of nitrogens with zero attached hydrogens (tertiary/aromatic N) is 1. The van der Waals surface area contributed by atoms with Gasteiger partial charge in [-0.2, -0.15) is 0 Å². The zero-order valence-corrected chi connectivity index (χ0v) is 10.0. The van der Waals surface area contributed by atoms with Crippen LogP contribution >= 0.6 is 0 Å². The Morgan fingerprint density at radius 2 is 2.22 bits per heavy atom. The lowest BCUT2D eigenvalue weighted by Gasteiger charge is -2.01. The molecule has 0 unspecified atom stereocenters. The van der Waals surface area contributed by atoms with Crippen molar-refractivity contribution in [2.75, 3.05) is 6.54 Å². The van der Waals surface area contributed by atoms with Gasteiger partial charge in [-0.25, -0.2) is 4.98 Å². The number of hydrogen-bond acceptors (Lipinski definition) is 3. The lowest BCUT2D eigenvalue weighted by atomic mass is 10.2. The third-order valence-electron chi connectivity index (χ3n) is 2.97. The van der Waals surface area contributed by atoms with E-state index >= 15 is 0 Å². The normalized spacial score (nSPS) is 11.1. The third-order valence-corrected chi connectivity index (χ3v) is 2.97. The second-order valence-electron chi connectivity index (χ2n) is 4.22. The molecule has 3 aromatic rings. The topological polar surface area (TPSA) is 53.9 Å². The molecule has 0 aliphatic carbocycles. The Morgan fingerprint density at radius 3 is 3.11 bits per heavy atom. The van der Waals surface area contributed by atoms with E-state index in [0.29, 0.717) is 0 Å². The largest absolute Gasteiger partial charge is 0.464 e. The Morgan fingerprint density at radius 1 is 1.28 bits per heavy atom. The summed E-state index contributed by atoms with van der Waals surface area (Å²) in [5.74, 6) is 1.01. The van der Waals surface area contributed by atoms with Crippen LogP contribution in [0, 0.1) is 0 Å². The first kappa shape index (κ1) is 11.0. The molecule has 0 radical (unpaired) electrons. The van der Waals surface area contributed by atoms with E-state index in [1.54, 1.807) is 6.20 Å².